The van der Waals surface area contributed by atoms with Gasteiger partial charge in [-0.1, -0.05) is 20.3 Å². The number of nitrogens with one attached hydrogen (secondary N) is 2. The number of anilines is 2. The van der Waals surface area contributed by atoms with Gasteiger partial charge in [-0.25, -0.2) is 4.98 Å². The van der Waals surface area contributed by atoms with Crippen LogP contribution >= 0.6 is 0 Å². The fourth-order valence-electron chi connectivity index (χ4n) is 2.85. The Morgan fingerprint density at radius 1 is 1.44 bits per heavy atom. The van der Waals surface area contributed by atoms with Crippen molar-refractivity contribution in [2.24, 2.45) is 5.41 Å². The van der Waals surface area contributed by atoms with Crippen molar-refractivity contribution in [1.82, 2.24) is 9.97 Å². The third-order valence-electron chi connectivity index (χ3n) is 4.07. The molecule has 0 bridgehead atoms. The lowest BCUT2D eigenvalue weighted by Gasteiger charge is -2.27. The molecule has 1 aliphatic carbocycles. The van der Waals surface area contributed by atoms with Crippen LogP contribution in [0.4, 0.5) is 11.6 Å². The molecule has 0 aliphatic heterocycles. The average Bonchev–Trinajstić information content (AvgIpc) is 2.82. The average molecular weight is 244 g/mol. The van der Waals surface area contributed by atoms with Crippen molar-refractivity contribution < 1.29 is 0 Å². The van der Waals surface area contributed by atoms with E-state index < -0.39 is 0 Å². The molecule has 1 heterocycles. The highest BCUT2D eigenvalue weighted by Crippen LogP contribution is 2.38. The lowest BCUT2D eigenvalue weighted by Crippen LogP contribution is -2.31. The molecule has 0 saturated heterocycles. The maximum atomic E-state index is 5.77. The standard InChI is InChI=1S/C14H20N4/c1-14(2)7-3-4-12(14)18-13-16-10-6-5-9(15)8-11(10)17-13/h5-6,8,12H,3-4,7,15H2,1-2H3,(H2,16,17,18). The zero-order valence-corrected chi connectivity index (χ0v) is 11.0. The Kier molecular flexibility index (Phi) is 2.47. The molecule has 96 valence electrons. The Morgan fingerprint density at radius 2 is 2.28 bits per heavy atom. The van der Waals surface area contributed by atoms with E-state index in [2.05, 4.69) is 29.1 Å². The number of nitrogens with zero attached hydrogens (tertiary/aromatic N) is 1. The topological polar surface area (TPSA) is 66.7 Å². The molecule has 0 amide bonds. The zero-order valence-electron chi connectivity index (χ0n) is 11.0. The van der Waals surface area contributed by atoms with Gasteiger partial charge in [0.1, 0.15) is 0 Å². The number of rotatable bonds is 2. The van der Waals surface area contributed by atoms with Gasteiger partial charge < -0.3 is 16.0 Å². The van der Waals surface area contributed by atoms with Crippen LogP contribution in [0, 0.1) is 5.41 Å². The van der Waals surface area contributed by atoms with E-state index in [0.717, 1.165) is 22.7 Å². The number of nitrogen functional groups attached to an aromatic ring is 1. The second-order valence-corrected chi connectivity index (χ2v) is 5.94. The first kappa shape index (κ1) is 11.4. The summed E-state index contributed by atoms with van der Waals surface area (Å²) in [6.45, 7) is 4.64. The second kappa shape index (κ2) is 3.90. The Morgan fingerprint density at radius 3 is 3.00 bits per heavy atom. The molecule has 1 unspecified atom stereocenters. The van der Waals surface area contributed by atoms with Crippen LogP contribution < -0.4 is 11.1 Å². The summed E-state index contributed by atoms with van der Waals surface area (Å²) in [4.78, 5) is 7.86. The zero-order chi connectivity index (χ0) is 12.8. The largest absolute Gasteiger partial charge is 0.399 e. The quantitative estimate of drug-likeness (QED) is 0.711. The molecular formula is C14H20N4. The maximum Gasteiger partial charge on any atom is 0.201 e. The highest BCUT2D eigenvalue weighted by Gasteiger charge is 2.34. The van der Waals surface area contributed by atoms with Gasteiger partial charge in [-0.2, -0.15) is 0 Å². The minimum absolute atomic E-state index is 0.345. The molecule has 1 aromatic carbocycles. The van der Waals surface area contributed by atoms with E-state index in [1.54, 1.807) is 0 Å². The van der Waals surface area contributed by atoms with Gasteiger partial charge in [-0.05, 0) is 36.5 Å². The van der Waals surface area contributed by atoms with Gasteiger partial charge in [-0.15, -0.1) is 0 Å². The van der Waals surface area contributed by atoms with Crippen molar-refractivity contribution in [2.45, 2.75) is 39.2 Å². The summed E-state index contributed by atoms with van der Waals surface area (Å²) in [5.41, 5.74) is 8.83. The van der Waals surface area contributed by atoms with E-state index in [0.29, 0.717) is 11.5 Å². The molecule has 3 rings (SSSR count). The van der Waals surface area contributed by atoms with Gasteiger partial charge >= 0.3 is 0 Å². The maximum absolute atomic E-state index is 5.77. The number of hydrogen-bond donors (Lipinski definition) is 3. The molecule has 1 aromatic heterocycles. The molecular weight excluding hydrogens is 224 g/mol. The molecule has 1 atom stereocenters. The summed E-state index contributed by atoms with van der Waals surface area (Å²) < 4.78 is 0. The molecule has 4 nitrogen and oxygen atoms in total. The van der Waals surface area contributed by atoms with Crippen LogP contribution in [-0.4, -0.2) is 16.0 Å². The third-order valence-corrected chi connectivity index (χ3v) is 4.07. The number of fused-ring (bicyclic) bond motifs is 1. The SMILES string of the molecule is CC1(C)CCCC1Nc1nc2ccc(N)cc2[nH]1. The number of benzene rings is 1. The van der Waals surface area contributed by atoms with E-state index >= 15 is 0 Å². The van der Waals surface area contributed by atoms with Gasteiger partial charge in [0.05, 0.1) is 11.0 Å². The number of hydrogen-bond acceptors (Lipinski definition) is 3. The lowest BCUT2D eigenvalue weighted by atomic mass is 9.87. The first-order valence-corrected chi connectivity index (χ1v) is 6.56. The second-order valence-electron chi connectivity index (χ2n) is 5.94. The van der Waals surface area contributed by atoms with Crippen LogP contribution in [0.25, 0.3) is 11.0 Å². The number of aromatic nitrogens is 2. The summed E-state index contributed by atoms with van der Waals surface area (Å²) >= 11 is 0. The number of nitrogens with two attached hydrogens (primary N) is 1. The minimum Gasteiger partial charge on any atom is -0.399 e. The van der Waals surface area contributed by atoms with E-state index in [1.807, 2.05) is 18.2 Å². The Bertz CT molecular complexity index is 570. The number of imidazole rings is 1. The highest BCUT2D eigenvalue weighted by atomic mass is 15.1. The normalized spacial score (nSPS) is 22.4. The third kappa shape index (κ3) is 1.92. The monoisotopic (exact) mass is 244 g/mol. The summed E-state index contributed by atoms with van der Waals surface area (Å²) in [5.74, 6) is 0.857. The van der Waals surface area contributed by atoms with Crippen molar-refractivity contribution in [1.29, 1.82) is 0 Å². The molecule has 1 fully saturated rings. The molecule has 1 saturated carbocycles. The van der Waals surface area contributed by atoms with Crippen LogP contribution in [0.15, 0.2) is 18.2 Å². The Hall–Kier alpha value is -1.71. The predicted molar refractivity (Wildman–Crippen MR) is 75.5 cm³/mol. The first-order chi connectivity index (χ1) is 8.54. The summed E-state index contributed by atoms with van der Waals surface area (Å²) in [6, 6.07) is 6.25. The van der Waals surface area contributed by atoms with Crippen molar-refractivity contribution in [3.63, 3.8) is 0 Å². The summed E-state index contributed by atoms with van der Waals surface area (Å²) in [5, 5.41) is 3.53. The van der Waals surface area contributed by atoms with Gasteiger partial charge in [0, 0.05) is 11.7 Å². The molecule has 4 N–H and O–H groups in total. The van der Waals surface area contributed by atoms with Crippen molar-refractivity contribution in [3.8, 4) is 0 Å². The molecule has 1 aliphatic rings. The Labute approximate surface area is 107 Å². The lowest BCUT2D eigenvalue weighted by molar-refractivity contribution is 0.349. The molecule has 18 heavy (non-hydrogen) atoms. The molecule has 0 radical (unpaired) electrons. The predicted octanol–water partition coefficient (Wildman–Crippen LogP) is 3.14. The van der Waals surface area contributed by atoms with Gasteiger partial charge in [0.25, 0.3) is 0 Å². The molecule has 4 heteroatoms. The number of H-pyrrole nitrogens is 1. The Balaban J connectivity index is 1.87. The fourth-order valence-corrected chi connectivity index (χ4v) is 2.85. The first-order valence-electron chi connectivity index (χ1n) is 6.56. The van der Waals surface area contributed by atoms with Crippen LogP contribution in [0.2, 0.25) is 0 Å². The van der Waals surface area contributed by atoms with Gasteiger partial charge in [0.2, 0.25) is 5.95 Å². The smallest absolute Gasteiger partial charge is 0.201 e. The molecule has 0 spiro atoms. The minimum atomic E-state index is 0.345. The van der Waals surface area contributed by atoms with E-state index in [-0.39, 0.29) is 0 Å². The number of aromatic amines is 1. The van der Waals surface area contributed by atoms with Crippen LogP contribution in [0.3, 0.4) is 0 Å². The van der Waals surface area contributed by atoms with Crippen molar-refractivity contribution >= 4 is 22.7 Å². The van der Waals surface area contributed by atoms with Crippen LogP contribution in [0.1, 0.15) is 33.1 Å². The summed E-state index contributed by atoms with van der Waals surface area (Å²) in [6.07, 6.45) is 3.78. The summed E-state index contributed by atoms with van der Waals surface area (Å²) in [7, 11) is 0. The molecule has 2 aromatic rings. The van der Waals surface area contributed by atoms with Crippen molar-refractivity contribution in [2.75, 3.05) is 11.1 Å². The van der Waals surface area contributed by atoms with E-state index in [1.165, 1.54) is 19.3 Å². The van der Waals surface area contributed by atoms with Crippen LogP contribution in [-0.2, 0) is 0 Å². The van der Waals surface area contributed by atoms with Gasteiger partial charge in [0.15, 0.2) is 0 Å². The fraction of sp³-hybridized carbons (Fsp3) is 0.500. The van der Waals surface area contributed by atoms with E-state index in [9.17, 15) is 0 Å². The van der Waals surface area contributed by atoms with Crippen LogP contribution in [0.5, 0.6) is 0 Å². The van der Waals surface area contributed by atoms with Gasteiger partial charge in [-0.3, -0.25) is 0 Å². The van der Waals surface area contributed by atoms with Crippen molar-refractivity contribution in [3.05, 3.63) is 18.2 Å². The van der Waals surface area contributed by atoms with E-state index in [4.69, 9.17) is 5.73 Å². The highest BCUT2D eigenvalue weighted by molar-refractivity contribution is 5.80.